The lowest BCUT2D eigenvalue weighted by Gasteiger charge is -2.21. The predicted octanol–water partition coefficient (Wildman–Crippen LogP) is 0.529. The van der Waals surface area contributed by atoms with Crippen molar-refractivity contribution in [2.24, 2.45) is 11.8 Å². The number of carbonyl (C=O) groups excluding carboxylic acids is 1. The van der Waals surface area contributed by atoms with Crippen molar-refractivity contribution in [2.45, 2.75) is 25.7 Å². The first-order valence-corrected chi connectivity index (χ1v) is 6.42. The van der Waals surface area contributed by atoms with E-state index in [1.165, 1.54) is 6.42 Å². The summed E-state index contributed by atoms with van der Waals surface area (Å²) < 4.78 is 5.31. The smallest absolute Gasteiger partial charge is 0.225 e. The Morgan fingerprint density at radius 1 is 1.44 bits per heavy atom. The number of hydrogen-bond acceptors (Lipinski definition) is 3. The van der Waals surface area contributed by atoms with Gasteiger partial charge in [-0.1, -0.05) is 0 Å². The molecule has 2 rings (SSSR count). The first kappa shape index (κ1) is 11.9. The van der Waals surface area contributed by atoms with E-state index >= 15 is 0 Å². The molecular formula is C12H22N2O2. The SMILES string of the molecule is O=C(NCC[C@@H]1CCNC1)[C@@H]1CCCOC1. The van der Waals surface area contributed by atoms with E-state index in [9.17, 15) is 4.79 Å². The van der Waals surface area contributed by atoms with E-state index in [1.54, 1.807) is 0 Å². The average Bonchev–Trinajstić information content (AvgIpc) is 2.83. The largest absolute Gasteiger partial charge is 0.381 e. The summed E-state index contributed by atoms with van der Waals surface area (Å²) in [6.45, 7) is 4.49. The molecule has 0 aromatic rings. The highest BCUT2D eigenvalue weighted by atomic mass is 16.5. The van der Waals surface area contributed by atoms with E-state index in [0.29, 0.717) is 6.61 Å². The van der Waals surface area contributed by atoms with Crippen molar-refractivity contribution in [1.29, 1.82) is 0 Å². The molecule has 4 heteroatoms. The summed E-state index contributed by atoms with van der Waals surface area (Å²) in [4.78, 5) is 11.8. The zero-order valence-electron chi connectivity index (χ0n) is 9.84. The van der Waals surface area contributed by atoms with Gasteiger partial charge in [0.25, 0.3) is 0 Å². The van der Waals surface area contributed by atoms with Gasteiger partial charge in [-0.2, -0.15) is 0 Å². The van der Waals surface area contributed by atoms with Gasteiger partial charge in [0.1, 0.15) is 0 Å². The minimum absolute atomic E-state index is 0.0930. The third-order valence-electron chi connectivity index (χ3n) is 3.55. The second-order valence-electron chi connectivity index (χ2n) is 4.85. The van der Waals surface area contributed by atoms with Gasteiger partial charge in [0.05, 0.1) is 12.5 Å². The molecule has 16 heavy (non-hydrogen) atoms. The van der Waals surface area contributed by atoms with Crippen molar-refractivity contribution < 1.29 is 9.53 Å². The van der Waals surface area contributed by atoms with E-state index in [1.807, 2.05) is 0 Å². The molecule has 2 aliphatic heterocycles. The van der Waals surface area contributed by atoms with Gasteiger partial charge in [0, 0.05) is 13.2 Å². The number of carbonyl (C=O) groups is 1. The maximum atomic E-state index is 11.8. The van der Waals surface area contributed by atoms with Crippen LogP contribution in [0, 0.1) is 11.8 Å². The molecule has 0 aromatic heterocycles. The molecule has 0 radical (unpaired) electrons. The Kier molecular flexibility index (Phi) is 4.60. The molecule has 92 valence electrons. The van der Waals surface area contributed by atoms with E-state index in [2.05, 4.69) is 10.6 Å². The molecule has 0 saturated carbocycles. The summed E-state index contributed by atoms with van der Waals surface area (Å²) in [7, 11) is 0. The number of hydrogen-bond donors (Lipinski definition) is 2. The molecular weight excluding hydrogens is 204 g/mol. The normalized spacial score (nSPS) is 30.2. The van der Waals surface area contributed by atoms with Crippen LogP contribution < -0.4 is 10.6 Å². The minimum Gasteiger partial charge on any atom is -0.381 e. The van der Waals surface area contributed by atoms with Gasteiger partial charge < -0.3 is 15.4 Å². The highest BCUT2D eigenvalue weighted by Gasteiger charge is 2.21. The second kappa shape index (κ2) is 6.21. The van der Waals surface area contributed by atoms with Crippen molar-refractivity contribution in [3.05, 3.63) is 0 Å². The fourth-order valence-corrected chi connectivity index (χ4v) is 2.45. The van der Waals surface area contributed by atoms with Crippen LogP contribution in [0.15, 0.2) is 0 Å². The van der Waals surface area contributed by atoms with Crippen LogP contribution in [0.3, 0.4) is 0 Å². The fourth-order valence-electron chi connectivity index (χ4n) is 2.45. The summed E-state index contributed by atoms with van der Waals surface area (Å²) in [6.07, 6.45) is 4.36. The Bertz CT molecular complexity index is 221. The van der Waals surface area contributed by atoms with Crippen LogP contribution in [0.4, 0.5) is 0 Å². The molecule has 2 saturated heterocycles. The average molecular weight is 226 g/mol. The first-order chi connectivity index (χ1) is 7.86. The highest BCUT2D eigenvalue weighted by molar-refractivity contribution is 5.78. The van der Waals surface area contributed by atoms with Crippen LogP contribution in [0.25, 0.3) is 0 Å². The molecule has 4 nitrogen and oxygen atoms in total. The van der Waals surface area contributed by atoms with Crippen molar-refractivity contribution in [2.75, 3.05) is 32.8 Å². The van der Waals surface area contributed by atoms with Crippen LogP contribution in [-0.4, -0.2) is 38.8 Å². The summed E-state index contributed by atoms with van der Waals surface area (Å²) in [5.41, 5.74) is 0. The zero-order chi connectivity index (χ0) is 11.2. The number of ether oxygens (including phenoxy) is 1. The monoisotopic (exact) mass is 226 g/mol. The number of nitrogens with one attached hydrogen (secondary N) is 2. The van der Waals surface area contributed by atoms with Crippen LogP contribution >= 0.6 is 0 Å². The number of amides is 1. The van der Waals surface area contributed by atoms with Gasteiger partial charge in [0.2, 0.25) is 5.91 Å². The Morgan fingerprint density at radius 3 is 3.06 bits per heavy atom. The summed E-state index contributed by atoms with van der Waals surface area (Å²) >= 11 is 0. The molecule has 2 atom stereocenters. The van der Waals surface area contributed by atoms with Gasteiger partial charge in [-0.3, -0.25) is 4.79 Å². The molecule has 0 unspecified atom stereocenters. The van der Waals surface area contributed by atoms with Crippen molar-refractivity contribution in [1.82, 2.24) is 10.6 Å². The molecule has 0 aliphatic carbocycles. The van der Waals surface area contributed by atoms with Crippen LogP contribution in [0.5, 0.6) is 0 Å². The van der Waals surface area contributed by atoms with Crippen LogP contribution in [0.1, 0.15) is 25.7 Å². The van der Waals surface area contributed by atoms with E-state index in [4.69, 9.17) is 4.74 Å². The van der Waals surface area contributed by atoms with Gasteiger partial charge in [0.15, 0.2) is 0 Å². The Balaban J connectivity index is 1.59. The lowest BCUT2D eigenvalue weighted by Crippen LogP contribution is -2.36. The lowest BCUT2D eigenvalue weighted by molar-refractivity contribution is -0.128. The van der Waals surface area contributed by atoms with E-state index < -0.39 is 0 Å². The fraction of sp³-hybridized carbons (Fsp3) is 0.917. The van der Waals surface area contributed by atoms with Gasteiger partial charge in [-0.05, 0) is 44.7 Å². The second-order valence-corrected chi connectivity index (χ2v) is 4.85. The van der Waals surface area contributed by atoms with Crippen molar-refractivity contribution in [3.63, 3.8) is 0 Å². The van der Waals surface area contributed by atoms with Gasteiger partial charge in [-0.15, -0.1) is 0 Å². The van der Waals surface area contributed by atoms with E-state index in [0.717, 1.165) is 51.4 Å². The van der Waals surface area contributed by atoms with Gasteiger partial charge >= 0.3 is 0 Å². The Labute approximate surface area is 97.1 Å². The molecule has 2 heterocycles. The summed E-state index contributed by atoms with van der Waals surface area (Å²) in [6, 6.07) is 0. The molecule has 0 spiro atoms. The molecule has 0 aromatic carbocycles. The van der Waals surface area contributed by atoms with Gasteiger partial charge in [-0.25, -0.2) is 0 Å². The topological polar surface area (TPSA) is 50.4 Å². The zero-order valence-corrected chi connectivity index (χ0v) is 9.84. The molecule has 1 amide bonds. The molecule has 2 fully saturated rings. The standard InChI is InChI=1S/C12H22N2O2/c15-12(11-2-1-7-16-9-11)14-6-4-10-3-5-13-8-10/h10-11,13H,1-9H2,(H,14,15)/t10-,11+/m0/s1. The highest BCUT2D eigenvalue weighted by Crippen LogP contribution is 2.14. The number of rotatable bonds is 4. The Hall–Kier alpha value is -0.610. The first-order valence-electron chi connectivity index (χ1n) is 6.42. The molecule has 0 bridgehead atoms. The molecule has 2 N–H and O–H groups in total. The van der Waals surface area contributed by atoms with Crippen LogP contribution in [-0.2, 0) is 9.53 Å². The quantitative estimate of drug-likeness (QED) is 0.735. The Morgan fingerprint density at radius 2 is 2.38 bits per heavy atom. The third-order valence-corrected chi connectivity index (χ3v) is 3.55. The van der Waals surface area contributed by atoms with Crippen molar-refractivity contribution >= 4 is 5.91 Å². The third kappa shape index (κ3) is 3.46. The van der Waals surface area contributed by atoms with Crippen molar-refractivity contribution in [3.8, 4) is 0 Å². The van der Waals surface area contributed by atoms with Crippen LogP contribution in [0.2, 0.25) is 0 Å². The minimum atomic E-state index is 0.0930. The van der Waals surface area contributed by atoms with E-state index in [-0.39, 0.29) is 11.8 Å². The lowest BCUT2D eigenvalue weighted by atomic mass is 10.0. The summed E-state index contributed by atoms with van der Waals surface area (Å²) in [5, 5.41) is 6.37. The summed E-state index contributed by atoms with van der Waals surface area (Å²) in [5.74, 6) is 1.03. The maximum absolute atomic E-state index is 11.8. The predicted molar refractivity (Wildman–Crippen MR) is 62.1 cm³/mol. The maximum Gasteiger partial charge on any atom is 0.225 e. The molecule has 2 aliphatic rings.